The Morgan fingerprint density at radius 3 is 2.52 bits per heavy atom. The Bertz CT molecular complexity index is 540. The van der Waals surface area contributed by atoms with Gasteiger partial charge in [-0.2, -0.15) is 0 Å². The number of nitrogens with zero attached hydrogens (tertiary/aromatic N) is 1. The van der Waals surface area contributed by atoms with Crippen molar-refractivity contribution >= 4 is 43.7 Å². The van der Waals surface area contributed by atoms with Gasteiger partial charge in [0.2, 0.25) is 5.91 Å². The van der Waals surface area contributed by atoms with Crippen molar-refractivity contribution in [3.05, 3.63) is 32.7 Å². The molecule has 0 radical (unpaired) electrons. The van der Waals surface area contributed by atoms with Crippen molar-refractivity contribution in [1.29, 1.82) is 0 Å². The van der Waals surface area contributed by atoms with Crippen molar-refractivity contribution in [2.24, 2.45) is 5.92 Å². The van der Waals surface area contributed by atoms with Gasteiger partial charge in [0, 0.05) is 35.5 Å². The molecule has 0 bridgehead atoms. The van der Waals surface area contributed by atoms with Gasteiger partial charge in [0.15, 0.2) is 0 Å². The predicted octanol–water partition coefficient (Wildman–Crippen LogP) is 3.20. The molecule has 0 unspecified atom stereocenters. The fraction of sp³-hybridized carbons (Fsp3) is 0.467. The first-order valence-corrected chi connectivity index (χ1v) is 8.54. The van der Waals surface area contributed by atoms with Gasteiger partial charge in [0.1, 0.15) is 0 Å². The zero-order chi connectivity index (χ0) is 15.4. The van der Waals surface area contributed by atoms with Gasteiger partial charge in [-0.25, -0.2) is 0 Å². The van der Waals surface area contributed by atoms with E-state index >= 15 is 0 Å². The number of rotatable bonds is 3. The monoisotopic (exact) mass is 416 g/mol. The minimum atomic E-state index is 0.00676. The molecule has 1 aliphatic heterocycles. The second-order valence-electron chi connectivity index (χ2n) is 5.30. The van der Waals surface area contributed by atoms with E-state index in [-0.39, 0.29) is 11.8 Å². The lowest BCUT2D eigenvalue weighted by Gasteiger charge is -2.32. The Morgan fingerprint density at radius 1 is 1.29 bits per heavy atom. The molecule has 114 valence electrons. The van der Waals surface area contributed by atoms with Crippen LogP contribution in [0.5, 0.6) is 0 Å². The molecule has 2 amide bonds. The van der Waals surface area contributed by atoms with E-state index in [1.807, 2.05) is 23.1 Å². The maximum atomic E-state index is 12.5. The van der Waals surface area contributed by atoms with Crippen LogP contribution in [-0.2, 0) is 4.79 Å². The molecule has 0 atom stereocenters. The van der Waals surface area contributed by atoms with Crippen molar-refractivity contribution in [2.45, 2.75) is 19.8 Å². The maximum absolute atomic E-state index is 12.5. The Morgan fingerprint density at radius 2 is 1.95 bits per heavy atom. The summed E-state index contributed by atoms with van der Waals surface area (Å²) in [6.07, 6.45) is 1.86. The van der Waals surface area contributed by atoms with E-state index < -0.39 is 0 Å². The fourth-order valence-corrected chi connectivity index (χ4v) is 3.68. The lowest BCUT2D eigenvalue weighted by Crippen LogP contribution is -2.41. The Labute approximate surface area is 141 Å². The predicted molar refractivity (Wildman–Crippen MR) is 89.2 cm³/mol. The van der Waals surface area contributed by atoms with E-state index in [4.69, 9.17) is 0 Å². The van der Waals surface area contributed by atoms with Gasteiger partial charge in [-0.1, -0.05) is 15.9 Å². The minimum Gasteiger partial charge on any atom is -0.356 e. The molecule has 6 heteroatoms. The number of halogens is 2. The molecule has 0 saturated carbocycles. The van der Waals surface area contributed by atoms with Gasteiger partial charge in [-0.05, 0) is 52.9 Å². The van der Waals surface area contributed by atoms with Crippen molar-refractivity contribution < 1.29 is 9.59 Å². The SMILES string of the molecule is CC(=O)NCC1CCN(C(=O)c2ccc(Br)cc2Br)CC1. The average Bonchev–Trinajstić information content (AvgIpc) is 2.45. The largest absolute Gasteiger partial charge is 0.356 e. The Hall–Kier alpha value is -0.880. The van der Waals surface area contributed by atoms with Crippen LogP contribution >= 0.6 is 31.9 Å². The molecule has 1 aliphatic rings. The second kappa shape index (κ2) is 7.40. The van der Waals surface area contributed by atoms with E-state index in [1.165, 1.54) is 6.92 Å². The molecule has 21 heavy (non-hydrogen) atoms. The molecule has 0 aromatic heterocycles. The summed E-state index contributed by atoms with van der Waals surface area (Å²) in [7, 11) is 0. The first-order valence-electron chi connectivity index (χ1n) is 6.96. The summed E-state index contributed by atoms with van der Waals surface area (Å²) in [5.41, 5.74) is 0.693. The van der Waals surface area contributed by atoms with Crippen LogP contribution in [0.4, 0.5) is 0 Å². The van der Waals surface area contributed by atoms with Gasteiger partial charge < -0.3 is 10.2 Å². The second-order valence-corrected chi connectivity index (χ2v) is 7.07. The van der Waals surface area contributed by atoms with Crippen molar-refractivity contribution in [3.8, 4) is 0 Å². The summed E-state index contributed by atoms with van der Waals surface area (Å²) in [5.74, 6) is 0.533. The summed E-state index contributed by atoms with van der Waals surface area (Å²) in [6, 6.07) is 5.60. The standard InChI is InChI=1S/C15H18Br2N2O2/c1-10(20)18-9-11-4-6-19(7-5-11)15(21)13-3-2-12(16)8-14(13)17/h2-3,8,11H,4-7,9H2,1H3,(H,18,20). The number of benzene rings is 1. The number of carbonyl (C=O) groups excluding carboxylic acids is 2. The maximum Gasteiger partial charge on any atom is 0.254 e. The normalized spacial score (nSPS) is 15.9. The quantitative estimate of drug-likeness (QED) is 0.820. The van der Waals surface area contributed by atoms with E-state index in [9.17, 15) is 9.59 Å². The third kappa shape index (κ3) is 4.54. The molecule has 1 fully saturated rings. The fourth-order valence-electron chi connectivity index (χ4n) is 2.46. The molecule has 4 nitrogen and oxygen atoms in total. The van der Waals surface area contributed by atoms with E-state index in [0.29, 0.717) is 18.0 Å². The van der Waals surface area contributed by atoms with Crippen molar-refractivity contribution in [2.75, 3.05) is 19.6 Å². The molecule has 1 aromatic rings. The number of hydrogen-bond acceptors (Lipinski definition) is 2. The Balaban J connectivity index is 1.92. The zero-order valence-electron chi connectivity index (χ0n) is 11.9. The highest BCUT2D eigenvalue weighted by Gasteiger charge is 2.24. The van der Waals surface area contributed by atoms with Gasteiger partial charge >= 0.3 is 0 Å². The molecule has 1 aromatic carbocycles. The molecule has 2 rings (SSSR count). The summed E-state index contributed by atoms with van der Waals surface area (Å²) in [4.78, 5) is 25.3. The van der Waals surface area contributed by atoms with Crippen molar-refractivity contribution in [3.63, 3.8) is 0 Å². The number of hydrogen-bond donors (Lipinski definition) is 1. The van der Waals surface area contributed by atoms with Crippen LogP contribution in [0.15, 0.2) is 27.1 Å². The molecule has 1 saturated heterocycles. The van der Waals surface area contributed by atoms with Gasteiger partial charge in [-0.15, -0.1) is 0 Å². The van der Waals surface area contributed by atoms with Gasteiger partial charge in [-0.3, -0.25) is 9.59 Å². The van der Waals surface area contributed by atoms with Crippen LogP contribution in [-0.4, -0.2) is 36.3 Å². The summed E-state index contributed by atoms with van der Waals surface area (Å²) >= 11 is 6.83. The number of nitrogens with one attached hydrogen (secondary N) is 1. The molecular weight excluding hydrogens is 400 g/mol. The van der Waals surface area contributed by atoms with Crippen LogP contribution in [0, 0.1) is 5.92 Å². The zero-order valence-corrected chi connectivity index (χ0v) is 15.0. The lowest BCUT2D eigenvalue weighted by atomic mass is 9.96. The first-order chi connectivity index (χ1) is 9.97. The Kier molecular flexibility index (Phi) is 5.81. The van der Waals surface area contributed by atoms with Crippen LogP contribution in [0.25, 0.3) is 0 Å². The average molecular weight is 418 g/mol. The number of carbonyl (C=O) groups is 2. The summed E-state index contributed by atoms with van der Waals surface area (Å²) in [5, 5.41) is 2.85. The highest BCUT2D eigenvalue weighted by molar-refractivity contribution is 9.11. The van der Waals surface area contributed by atoms with Crippen LogP contribution in [0.2, 0.25) is 0 Å². The highest BCUT2D eigenvalue weighted by Crippen LogP contribution is 2.25. The van der Waals surface area contributed by atoms with Crippen LogP contribution in [0.1, 0.15) is 30.1 Å². The number of piperidine rings is 1. The van der Waals surface area contributed by atoms with E-state index in [0.717, 1.165) is 34.9 Å². The summed E-state index contributed by atoms with van der Waals surface area (Å²) in [6.45, 7) is 3.72. The van der Waals surface area contributed by atoms with E-state index in [2.05, 4.69) is 37.2 Å². The third-order valence-electron chi connectivity index (χ3n) is 3.70. The molecular formula is C15H18Br2N2O2. The molecule has 1 heterocycles. The number of amides is 2. The van der Waals surface area contributed by atoms with Crippen LogP contribution < -0.4 is 5.32 Å². The van der Waals surface area contributed by atoms with E-state index in [1.54, 1.807) is 0 Å². The lowest BCUT2D eigenvalue weighted by molar-refractivity contribution is -0.119. The van der Waals surface area contributed by atoms with Gasteiger partial charge in [0.05, 0.1) is 5.56 Å². The molecule has 0 spiro atoms. The first kappa shape index (κ1) is 16.5. The minimum absolute atomic E-state index is 0.00676. The molecule has 1 N–H and O–H groups in total. The van der Waals surface area contributed by atoms with Crippen molar-refractivity contribution in [1.82, 2.24) is 10.2 Å². The summed E-state index contributed by atoms with van der Waals surface area (Å²) < 4.78 is 1.75. The highest BCUT2D eigenvalue weighted by atomic mass is 79.9. The third-order valence-corrected chi connectivity index (χ3v) is 4.85. The molecule has 0 aliphatic carbocycles. The van der Waals surface area contributed by atoms with Gasteiger partial charge in [0.25, 0.3) is 5.91 Å². The smallest absolute Gasteiger partial charge is 0.254 e. The van der Waals surface area contributed by atoms with Crippen LogP contribution in [0.3, 0.4) is 0 Å². The number of likely N-dealkylation sites (tertiary alicyclic amines) is 1. The topological polar surface area (TPSA) is 49.4 Å².